The molecule has 5 aromatic rings. The van der Waals surface area contributed by atoms with Gasteiger partial charge in [-0.25, -0.2) is 0 Å². The number of amides is 3. The van der Waals surface area contributed by atoms with Gasteiger partial charge >= 0.3 is 0 Å². The van der Waals surface area contributed by atoms with E-state index in [0.717, 1.165) is 38.1 Å². The molecule has 0 fully saturated rings. The third-order valence-corrected chi connectivity index (χ3v) is 8.70. The zero-order valence-corrected chi connectivity index (χ0v) is 26.5. The van der Waals surface area contributed by atoms with E-state index >= 15 is 0 Å². The summed E-state index contributed by atoms with van der Waals surface area (Å²) in [5.41, 5.74) is 9.36. The van der Waals surface area contributed by atoms with E-state index in [1.165, 1.54) is 11.3 Å². The first-order valence-electron chi connectivity index (χ1n) is 15.3. The summed E-state index contributed by atoms with van der Waals surface area (Å²) < 4.78 is 6.55. The van der Waals surface area contributed by atoms with Crippen molar-refractivity contribution in [2.75, 3.05) is 6.61 Å². The lowest BCUT2D eigenvalue weighted by molar-refractivity contribution is -0.130. The Hall–Kier alpha value is -4.99. The number of nitrogens with one attached hydrogen (secondary N) is 3. The lowest BCUT2D eigenvalue weighted by Crippen LogP contribution is -2.55. The van der Waals surface area contributed by atoms with Crippen molar-refractivity contribution >= 4 is 39.1 Å². The second kappa shape index (κ2) is 15.8. The summed E-state index contributed by atoms with van der Waals surface area (Å²) in [6, 6.07) is 32.4. The summed E-state index contributed by atoms with van der Waals surface area (Å²) in [5.74, 6) is -0.404. The van der Waals surface area contributed by atoms with Gasteiger partial charge in [-0.1, -0.05) is 84.9 Å². The molecule has 0 aliphatic carbocycles. The molecule has 5 N–H and O–H groups in total. The fourth-order valence-corrected chi connectivity index (χ4v) is 6.06. The molecule has 0 aliphatic heterocycles. The average molecular weight is 635 g/mol. The average Bonchev–Trinajstić information content (AvgIpc) is 3.53. The standard InChI is InChI=1S/C37H38N4O4S/c1-2-45-30-18-16-26(17-19-30)21-32(41-37(44)34-22-29-10-6-7-11-33(29)46-34)36(43)40-31(20-25-8-4-3-5-9-25)35(42)39-24-28-14-12-27(23-38)13-15-28/h3-19,22,31-32H,2,20-21,23-24,38H2,1H3,(H,39,42)(H,40,43)(H,41,44)/t31-,32+/m0/s1. The number of nitrogens with two attached hydrogens (primary N) is 1. The number of hydrogen-bond acceptors (Lipinski definition) is 6. The predicted molar refractivity (Wildman–Crippen MR) is 183 cm³/mol. The molecule has 0 radical (unpaired) electrons. The largest absolute Gasteiger partial charge is 0.494 e. The minimum Gasteiger partial charge on any atom is -0.494 e. The van der Waals surface area contributed by atoms with Crippen LogP contribution in [-0.2, 0) is 35.5 Å². The van der Waals surface area contributed by atoms with Crippen molar-refractivity contribution in [3.63, 3.8) is 0 Å². The maximum absolute atomic E-state index is 14.0. The highest BCUT2D eigenvalue weighted by Gasteiger charge is 2.28. The Morgan fingerprint density at radius 2 is 1.33 bits per heavy atom. The monoisotopic (exact) mass is 634 g/mol. The fourth-order valence-electron chi connectivity index (χ4n) is 5.09. The lowest BCUT2D eigenvalue weighted by atomic mass is 10.0. The summed E-state index contributed by atoms with van der Waals surface area (Å²) in [6.45, 7) is 3.19. The number of benzene rings is 4. The Labute approximate surface area is 273 Å². The van der Waals surface area contributed by atoms with Crippen LogP contribution in [0.1, 0.15) is 38.8 Å². The molecule has 8 nitrogen and oxygen atoms in total. The van der Waals surface area contributed by atoms with E-state index in [2.05, 4.69) is 16.0 Å². The van der Waals surface area contributed by atoms with Crippen LogP contribution in [0.2, 0.25) is 0 Å². The van der Waals surface area contributed by atoms with Crippen molar-refractivity contribution in [1.29, 1.82) is 0 Å². The van der Waals surface area contributed by atoms with E-state index in [-0.39, 0.29) is 24.7 Å². The summed E-state index contributed by atoms with van der Waals surface area (Å²) in [5, 5.41) is 9.82. The molecule has 0 spiro atoms. The van der Waals surface area contributed by atoms with E-state index in [1.54, 1.807) is 0 Å². The molecule has 0 saturated carbocycles. The Balaban J connectivity index is 1.36. The van der Waals surface area contributed by atoms with Gasteiger partial charge in [-0.15, -0.1) is 11.3 Å². The molecular weight excluding hydrogens is 596 g/mol. The first-order valence-corrected chi connectivity index (χ1v) is 16.1. The van der Waals surface area contributed by atoms with E-state index in [0.29, 0.717) is 24.6 Å². The van der Waals surface area contributed by atoms with Crippen LogP contribution in [-0.4, -0.2) is 36.4 Å². The topological polar surface area (TPSA) is 123 Å². The highest BCUT2D eigenvalue weighted by atomic mass is 32.1. The molecule has 1 heterocycles. The SMILES string of the molecule is CCOc1ccc(C[C@@H](NC(=O)c2cc3ccccc3s2)C(=O)N[C@@H](Cc2ccccc2)C(=O)NCc2ccc(CN)cc2)cc1. The molecule has 1 aromatic heterocycles. The highest BCUT2D eigenvalue weighted by molar-refractivity contribution is 7.20. The smallest absolute Gasteiger partial charge is 0.262 e. The minimum absolute atomic E-state index is 0.224. The van der Waals surface area contributed by atoms with E-state index in [9.17, 15) is 14.4 Å². The number of hydrogen-bond donors (Lipinski definition) is 4. The third-order valence-electron chi connectivity index (χ3n) is 7.59. The first-order chi connectivity index (χ1) is 22.4. The van der Waals surface area contributed by atoms with Gasteiger partial charge in [-0.05, 0) is 58.8 Å². The second-order valence-electron chi connectivity index (χ2n) is 10.9. The molecule has 0 saturated heterocycles. The summed E-state index contributed by atoms with van der Waals surface area (Å²) in [7, 11) is 0. The van der Waals surface area contributed by atoms with Gasteiger partial charge in [0.25, 0.3) is 5.91 Å². The molecule has 2 atom stereocenters. The maximum Gasteiger partial charge on any atom is 0.262 e. The molecule has 5 rings (SSSR count). The van der Waals surface area contributed by atoms with Crippen molar-refractivity contribution in [3.05, 3.63) is 136 Å². The Bertz CT molecular complexity index is 1720. The number of thiophene rings is 1. The van der Waals surface area contributed by atoms with Crippen LogP contribution < -0.4 is 26.4 Å². The van der Waals surface area contributed by atoms with Gasteiger partial charge in [0.15, 0.2) is 0 Å². The van der Waals surface area contributed by atoms with Gasteiger partial charge in [-0.2, -0.15) is 0 Å². The Kier molecular flexibility index (Phi) is 11.2. The van der Waals surface area contributed by atoms with Crippen LogP contribution in [0.15, 0.2) is 109 Å². The first kappa shape index (κ1) is 32.4. The number of rotatable bonds is 14. The van der Waals surface area contributed by atoms with E-state index < -0.39 is 18.0 Å². The molecule has 3 amide bonds. The zero-order chi connectivity index (χ0) is 32.3. The summed E-state index contributed by atoms with van der Waals surface area (Å²) in [4.78, 5) is 41.5. The van der Waals surface area contributed by atoms with Gasteiger partial charge in [-0.3, -0.25) is 14.4 Å². The Morgan fingerprint density at radius 1 is 0.717 bits per heavy atom. The molecule has 0 unspecified atom stereocenters. The fraction of sp³-hybridized carbons (Fsp3) is 0.216. The highest BCUT2D eigenvalue weighted by Crippen LogP contribution is 2.25. The maximum atomic E-state index is 14.0. The third kappa shape index (κ3) is 8.80. The van der Waals surface area contributed by atoms with Crippen molar-refractivity contribution < 1.29 is 19.1 Å². The lowest BCUT2D eigenvalue weighted by Gasteiger charge is -2.23. The summed E-state index contributed by atoms with van der Waals surface area (Å²) >= 11 is 1.37. The molecule has 4 aromatic carbocycles. The van der Waals surface area contributed by atoms with Crippen molar-refractivity contribution in [2.45, 2.75) is 44.9 Å². The quantitative estimate of drug-likeness (QED) is 0.135. The van der Waals surface area contributed by atoms with Crippen molar-refractivity contribution in [3.8, 4) is 5.75 Å². The van der Waals surface area contributed by atoms with Crippen molar-refractivity contribution in [1.82, 2.24) is 16.0 Å². The second-order valence-corrected chi connectivity index (χ2v) is 12.0. The minimum atomic E-state index is -0.939. The summed E-state index contributed by atoms with van der Waals surface area (Å²) in [6.07, 6.45) is 0.507. The van der Waals surface area contributed by atoms with Crippen molar-refractivity contribution in [2.24, 2.45) is 5.73 Å². The van der Waals surface area contributed by atoms with E-state index in [1.807, 2.05) is 116 Å². The molecule has 0 aliphatic rings. The molecule has 0 bridgehead atoms. The van der Waals surface area contributed by atoms with Gasteiger partial charge in [0.05, 0.1) is 11.5 Å². The molecular formula is C37H38N4O4S. The van der Waals surface area contributed by atoms with Crippen LogP contribution in [0.25, 0.3) is 10.1 Å². The normalized spacial score (nSPS) is 12.2. The van der Waals surface area contributed by atoms with Crippen LogP contribution in [0, 0.1) is 0 Å². The zero-order valence-electron chi connectivity index (χ0n) is 25.7. The van der Waals surface area contributed by atoms with Crippen LogP contribution in [0.5, 0.6) is 5.75 Å². The van der Waals surface area contributed by atoms with Gasteiger partial charge < -0.3 is 26.4 Å². The van der Waals surface area contributed by atoms with Crippen LogP contribution in [0.4, 0.5) is 0 Å². The number of carbonyl (C=O) groups excluding carboxylic acids is 3. The number of fused-ring (bicyclic) bond motifs is 1. The van der Waals surface area contributed by atoms with Gasteiger partial charge in [0.2, 0.25) is 11.8 Å². The van der Waals surface area contributed by atoms with Crippen LogP contribution in [0.3, 0.4) is 0 Å². The molecule has 236 valence electrons. The predicted octanol–water partition coefficient (Wildman–Crippen LogP) is 5.14. The van der Waals surface area contributed by atoms with Gasteiger partial charge in [0, 0.05) is 30.6 Å². The molecule has 46 heavy (non-hydrogen) atoms. The Morgan fingerprint density at radius 3 is 2.00 bits per heavy atom. The molecule has 9 heteroatoms. The van der Waals surface area contributed by atoms with Crippen LogP contribution >= 0.6 is 11.3 Å². The van der Waals surface area contributed by atoms with E-state index in [4.69, 9.17) is 10.5 Å². The number of carbonyl (C=O) groups is 3. The van der Waals surface area contributed by atoms with Gasteiger partial charge in [0.1, 0.15) is 17.8 Å². The number of ether oxygens (including phenoxy) is 1.